The van der Waals surface area contributed by atoms with E-state index in [4.69, 9.17) is 19.6 Å². The average Bonchev–Trinajstić information content (AvgIpc) is 3.45. The van der Waals surface area contributed by atoms with Gasteiger partial charge in [0.15, 0.2) is 11.5 Å². The van der Waals surface area contributed by atoms with Gasteiger partial charge in [0, 0.05) is 44.2 Å². The number of fused-ring (bicyclic) bond motifs is 1. The number of hydrogen-bond acceptors (Lipinski definition) is 8. The van der Waals surface area contributed by atoms with Gasteiger partial charge in [-0.05, 0) is 30.9 Å². The first-order chi connectivity index (χ1) is 20.1. The Balaban J connectivity index is 1.16. The summed E-state index contributed by atoms with van der Waals surface area (Å²) in [6.45, 7) is 6.53. The van der Waals surface area contributed by atoms with Crippen LogP contribution < -0.4 is 10.3 Å². The minimum absolute atomic E-state index is 0.239. The Kier molecular flexibility index (Phi) is 8.09. The number of amides is 1. The van der Waals surface area contributed by atoms with E-state index in [0.717, 1.165) is 54.2 Å². The first-order valence-electron chi connectivity index (χ1n) is 14.2. The minimum atomic E-state index is -0.263. The summed E-state index contributed by atoms with van der Waals surface area (Å²) in [6, 6.07) is 22.0. The van der Waals surface area contributed by atoms with Crippen molar-refractivity contribution >= 4 is 29.6 Å². The van der Waals surface area contributed by atoms with Crippen LogP contribution in [-0.4, -0.2) is 71.2 Å². The Morgan fingerprint density at radius 1 is 1.05 bits per heavy atom. The first kappa shape index (κ1) is 26.8. The van der Waals surface area contributed by atoms with Gasteiger partial charge in [-0.2, -0.15) is 14.7 Å². The lowest BCUT2D eigenvalue weighted by molar-refractivity contribution is 0.0868. The fourth-order valence-electron chi connectivity index (χ4n) is 5.34. The van der Waals surface area contributed by atoms with E-state index in [2.05, 4.69) is 40.5 Å². The van der Waals surface area contributed by atoms with Crippen LogP contribution in [0.3, 0.4) is 0 Å². The van der Waals surface area contributed by atoms with Crippen LogP contribution in [0, 0.1) is 6.92 Å². The van der Waals surface area contributed by atoms with E-state index >= 15 is 0 Å². The molecule has 0 spiro atoms. The second-order valence-corrected chi connectivity index (χ2v) is 10.5. The lowest BCUT2D eigenvalue weighted by atomic mass is 9.94. The van der Waals surface area contributed by atoms with Gasteiger partial charge in [0.25, 0.3) is 0 Å². The molecule has 212 valence electrons. The fraction of sp³-hybridized carbons (Fsp3) is 0.355. The molecule has 4 heterocycles. The van der Waals surface area contributed by atoms with Gasteiger partial charge >= 0.3 is 6.09 Å². The molecule has 1 amide bonds. The van der Waals surface area contributed by atoms with Crippen molar-refractivity contribution in [3.8, 4) is 0 Å². The van der Waals surface area contributed by atoms with Crippen LogP contribution in [-0.2, 0) is 16.1 Å². The number of piperidine rings is 1. The highest BCUT2D eigenvalue weighted by molar-refractivity contribution is 5.80. The van der Waals surface area contributed by atoms with Crippen molar-refractivity contribution in [2.75, 3.05) is 49.7 Å². The number of ether oxygens (including phenoxy) is 2. The van der Waals surface area contributed by atoms with E-state index < -0.39 is 0 Å². The molecule has 0 saturated carbocycles. The zero-order valence-electron chi connectivity index (χ0n) is 23.3. The smallest absolute Gasteiger partial charge is 0.410 e. The third-order valence-corrected chi connectivity index (χ3v) is 7.57. The second kappa shape index (κ2) is 12.4. The lowest BCUT2D eigenvalue weighted by Gasteiger charge is -2.30. The molecule has 2 fully saturated rings. The number of carbonyl (C=O) groups is 1. The highest BCUT2D eigenvalue weighted by Gasteiger charge is 2.27. The van der Waals surface area contributed by atoms with E-state index in [-0.39, 0.29) is 18.6 Å². The van der Waals surface area contributed by atoms with Crippen molar-refractivity contribution < 1.29 is 14.3 Å². The van der Waals surface area contributed by atoms with Crippen LogP contribution in [0.4, 0.5) is 16.4 Å². The van der Waals surface area contributed by atoms with E-state index in [1.54, 1.807) is 11.1 Å². The summed E-state index contributed by atoms with van der Waals surface area (Å²) in [5.74, 6) is 1.85. The van der Waals surface area contributed by atoms with Gasteiger partial charge in [-0.1, -0.05) is 60.2 Å². The molecule has 2 aliphatic rings. The number of nitrogens with one attached hydrogen (secondary N) is 1. The lowest BCUT2D eigenvalue weighted by Crippen LogP contribution is -2.38. The first-order valence-corrected chi connectivity index (χ1v) is 14.2. The van der Waals surface area contributed by atoms with Gasteiger partial charge in [-0.25, -0.2) is 9.78 Å². The monoisotopic (exact) mass is 553 g/mol. The molecule has 0 radical (unpaired) electrons. The maximum atomic E-state index is 12.6. The fourth-order valence-corrected chi connectivity index (χ4v) is 5.34. The number of nitrogens with zero attached hydrogens (tertiary/aromatic N) is 6. The van der Waals surface area contributed by atoms with Crippen LogP contribution in [0.25, 0.3) is 5.65 Å². The van der Waals surface area contributed by atoms with Crippen molar-refractivity contribution in [2.24, 2.45) is 5.10 Å². The molecule has 2 aromatic heterocycles. The predicted molar refractivity (Wildman–Crippen MR) is 159 cm³/mol. The van der Waals surface area contributed by atoms with Gasteiger partial charge in [-0.15, -0.1) is 0 Å². The molecule has 41 heavy (non-hydrogen) atoms. The van der Waals surface area contributed by atoms with Crippen LogP contribution in [0.15, 0.2) is 71.8 Å². The number of hydrazone groups is 1. The Morgan fingerprint density at radius 3 is 2.63 bits per heavy atom. The number of anilines is 2. The third kappa shape index (κ3) is 6.49. The molecule has 6 rings (SSSR count). The second-order valence-electron chi connectivity index (χ2n) is 10.5. The Hall–Kier alpha value is -4.44. The molecule has 2 aliphatic heterocycles. The molecule has 10 heteroatoms. The number of rotatable bonds is 7. The Bertz CT molecular complexity index is 1510. The zero-order valence-corrected chi connectivity index (χ0v) is 23.3. The summed E-state index contributed by atoms with van der Waals surface area (Å²) in [5.41, 5.74) is 8.06. The van der Waals surface area contributed by atoms with E-state index in [1.807, 2.05) is 53.0 Å². The zero-order chi connectivity index (χ0) is 28.0. The van der Waals surface area contributed by atoms with E-state index in [1.165, 1.54) is 5.56 Å². The standard InChI is InChI=1S/C31H35N7O3/c1-23-6-5-9-25(18-23)21-32-34-28-20-30(36-14-16-40-17-15-36)38-29(33-28)19-27(35-38)26-10-12-37(13-11-26)31(39)41-22-24-7-3-2-4-8-24/h2-9,18-21,26H,10-17,22H2,1H3,(H,33,34)/b32-21+. The minimum Gasteiger partial charge on any atom is -0.445 e. The van der Waals surface area contributed by atoms with Crippen LogP contribution in [0.2, 0.25) is 0 Å². The van der Waals surface area contributed by atoms with Gasteiger partial charge in [0.1, 0.15) is 12.4 Å². The quantitative estimate of drug-likeness (QED) is 0.259. The average molecular weight is 554 g/mol. The maximum absolute atomic E-state index is 12.6. The number of likely N-dealkylation sites (tertiary alicyclic amines) is 1. The predicted octanol–water partition coefficient (Wildman–Crippen LogP) is 4.84. The molecule has 10 nitrogen and oxygen atoms in total. The molecule has 2 saturated heterocycles. The molecular weight excluding hydrogens is 518 g/mol. The summed E-state index contributed by atoms with van der Waals surface area (Å²) < 4.78 is 13.1. The Morgan fingerprint density at radius 2 is 1.85 bits per heavy atom. The topological polar surface area (TPSA) is 96.6 Å². The van der Waals surface area contributed by atoms with Crippen LogP contribution >= 0.6 is 0 Å². The van der Waals surface area contributed by atoms with Gasteiger partial charge in [-0.3, -0.25) is 5.43 Å². The van der Waals surface area contributed by atoms with Gasteiger partial charge in [0.05, 0.1) is 25.1 Å². The summed E-state index contributed by atoms with van der Waals surface area (Å²) >= 11 is 0. The SMILES string of the molecule is Cc1cccc(/C=N/Nc2cc(N3CCOCC3)n3nc(C4CCN(C(=O)OCc5ccccc5)CC4)cc3n2)c1. The Labute approximate surface area is 239 Å². The van der Waals surface area contributed by atoms with Gasteiger partial charge in [0.2, 0.25) is 0 Å². The molecule has 0 bridgehead atoms. The third-order valence-electron chi connectivity index (χ3n) is 7.57. The van der Waals surface area contributed by atoms with Crippen molar-refractivity contribution in [1.29, 1.82) is 0 Å². The normalized spacial score (nSPS) is 16.4. The molecule has 2 aromatic carbocycles. The number of hydrogen-bond donors (Lipinski definition) is 1. The molecule has 1 N–H and O–H groups in total. The maximum Gasteiger partial charge on any atom is 0.410 e. The number of carbonyl (C=O) groups excluding carboxylic acids is 1. The largest absolute Gasteiger partial charge is 0.445 e. The van der Waals surface area contributed by atoms with Crippen molar-refractivity contribution in [3.05, 3.63) is 89.1 Å². The van der Waals surface area contributed by atoms with Crippen molar-refractivity contribution in [2.45, 2.75) is 32.3 Å². The van der Waals surface area contributed by atoms with Crippen molar-refractivity contribution in [3.63, 3.8) is 0 Å². The van der Waals surface area contributed by atoms with Gasteiger partial charge < -0.3 is 19.3 Å². The summed E-state index contributed by atoms with van der Waals surface area (Å²) in [6.07, 6.45) is 3.18. The molecule has 0 aliphatic carbocycles. The van der Waals surface area contributed by atoms with Crippen LogP contribution in [0.1, 0.15) is 41.1 Å². The summed E-state index contributed by atoms with van der Waals surface area (Å²) in [4.78, 5) is 21.5. The highest BCUT2D eigenvalue weighted by atomic mass is 16.6. The van der Waals surface area contributed by atoms with Crippen LogP contribution in [0.5, 0.6) is 0 Å². The molecule has 0 unspecified atom stereocenters. The van der Waals surface area contributed by atoms with E-state index in [9.17, 15) is 4.79 Å². The summed E-state index contributed by atoms with van der Waals surface area (Å²) in [5, 5.41) is 9.45. The number of morpholine rings is 1. The molecule has 0 atom stereocenters. The molecular formula is C31H35N7O3. The van der Waals surface area contributed by atoms with Crippen molar-refractivity contribution in [1.82, 2.24) is 19.5 Å². The summed E-state index contributed by atoms with van der Waals surface area (Å²) in [7, 11) is 0. The highest BCUT2D eigenvalue weighted by Crippen LogP contribution is 2.30. The number of benzene rings is 2. The molecule has 4 aromatic rings. The van der Waals surface area contributed by atoms with E-state index in [0.29, 0.717) is 32.1 Å². The number of aryl methyl sites for hydroxylation is 1. The number of aromatic nitrogens is 3.